The molecule has 1 saturated heterocycles. The Kier molecular flexibility index (Phi) is 6.15. The fraction of sp³-hybridized carbons (Fsp3) is 0.625. The molecule has 2 rings (SSSR count). The number of nitrogens with zero attached hydrogens (tertiary/aromatic N) is 1. The molecule has 1 N–H and O–H groups in total. The van der Waals surface area contributed by atoms with Crippen LogP contribution in [0.4, 0.5) is 0 Å². The minimum absolute atomic E-state index is 0.287. The number of amides is 1. The lowest BCUT2D eigenvalue weighted by atomic mass is 10.0. The molecule has 0 aromatic carbocycles. The van der Waals surface area contributed by atoms with Crippen molar-refractivity contribution in [3.05, 3.63) is 22.4 Å². The molecule has 7 heteroatoms. The van der Waals surface area contributed by atoms with Crippen LogP contribution in [-0.4, -0.2) is 54.7 Å². The van der Waals surface area contributed by atoms with Gasteiger partial charge < -0.3 is 14.8 Å². The Morgan fingerprint density at radius 3 is 2.74 bits per heavy atom. The Bertz CT molecular complexity index is 524. The maximum Gasteiger partial charge on any atom is 0.326 e. The molecule has 1 aromatic rings. The SMILES string of the molecule is C[C@H](OC(=O)C(C)(C)N1CCOCC1)C(=O)NCc1cccs1. The summed E-state index contributed by atoms with van der Waals surface area (Å²) < 4.78 is 10.7. The predicted octanol–water partition coefficient (Wildman–Crippen LogP) is 1.41. The Morgan fingerprint density at radius 1 is 1.43 bits per heavy atom. The van der Waals surface area contributed by atoms with Crippen molar-refractivity contribution in [3.8, 4) is 0 Å². The number of hydrogen-bond acceptors (Lipinski definition) is 6. The van der Waals surface area contributed by atoms with Gasteiger partial charge in [0.1, 0.15) is 5.54 Å². The van der Waals surface area contributed by atoms with Crippen molar-refractivity contribution in [1.29, 1.82) is 0 Å². The largest absolute Gasteiger partial charge is 0.451 e. The van der Waals surface area contributed by atoms with E-state index in [9.17, 15) is 9.59 Å². The first-order valence-electron chi connectivity index (χ1n) is 7.75. The van der Waals surface area contributed by atoms with E-state index in [1.54, 1.807) is 18.3 Å². The molecule has 128 valence electrons. The second-order valence-electron chi connectivity index (χ2n) is 6.00. The molecule has 1 aliphatic heterocycles. The van der Waals surface area contributed by atoms with Crippen LogP contribution in [0.5, 0.6) is 0 Å². The van der Waals surface area contributed by atoms with E-state index in [0.29, 0.717) is 32.8 Å². The quantitative estimate of drug-likeness (QED) is 0.793. The number of rotatable bonds is 6. The van der Waals surface area contributed by atoms with E-state index < -0.39 is 17.6 Å². The number of esters is 1. The van der Waals surface area contributed by atoms with Crippen LogP contribution in [0.2, 0.25) is 0 Å². The number of morpholine rings is 1. The van der Waals surface area contributed by atoms with Gasteiger partial charge in [0.2, 0.25) is 0 Å². The molecule has 0 bridgehead atoms. The fourth-order valence-electron chi connectivity index (χ4n) is 2.34. The summed E-state index contributed by atoms with van der Waals surface area (Å²) in [5.74, 6) is -0.678. The van der Waals surface area contributed by atoms with Gasteiger partial charge >= 0.3 is 5.97 Å². The molecular formula is C16H24N2O4S. The molecule has 1 amide bonds. The van der Waals surface area contributed by atoms with Gasteiger partial charge in [-0.2, -0.15) is 0 Å². The van der Waals surface area contributed by atoms with Crippen LogP contribution in [0.25, 0.3) is 0 Å². The summed E-state index contributed by atoms with van der Waals surface area (Å²) >= 11 is 1.57. The lowest BCUT2D eigenvalue weighted by Gasteiger charge is -2.39. The van der Waals surface area contributed by atoms with Crippen LogP contribution in [0.15, 0.2) is 17.5 Å². The fourth-order valence-corrected chi connectivity index (χ4v) is 2.99. The van der Waals surface area contributed by atoms with Crippen LogP contribution >= 0.6 is 11.3 Å². The summed E-state index contributed by atoms with van der Waals surface area (Å²) in [6.07, 6.45) is -0.817. The predicted molar refractivity (Wildman–Crippen MR) is 88.2 cm³/mol. The van der Waals surface area contributed by atoms with Crippen molar-refractivity contribution in [1.82, 2.24) is 10.2 Å². The number of ether oxygens (including phenoxy) is 2. The Hall–Kier alpha value is -1.44. The molecule has 0 unspecified atom stereocenters. The molecule has 0 saturated carbocycles. The second kappa shape index (κ2) is 7.90. The van der Waals surface area contributed by atoms with E-state index in [2.05, 4.69) is 5.32 Å². The first-order chi connectivity index (χ1) is 10.9. The van der Waals surface area contributed by atoms with E-state index in [1.165, 1.54) is 0 Å². The number of hydrogen-bond donors (Lipinski definition) is 1. The molecule has 23 heavy (non-hydrogen) atoms. The third kappa shape index (κ3) is 4.76. The van der Waals surface area contributed by atoms with E-state index in [-0.39, 0.29) is 5.91 Å². The van der Waals surface area contributed by atoms with Crippen LogP contribution in [0, 0.1) is 0 Å². The molecule has 0 spiro atoms. The summed E-state index contributed by atoms with van der Waals surface area (Å²) in [6, 6.07) is 3.88. The summed E-state index contributed by atoms with van der Waals surface area (Å²) in [5, 5.41) is 4.74. The van der Waals surface area contributed by atoms with Crippen molar-refractivity contribution in [2.24, 2.45) is 0 Å². The van der Waals surface area contributed by atoms with E-state index in [4.69, 9.17) is 9.47 Å². The van der Waals surface area contributed by atoms with Crippen molar-refractivity contribution in [2.75, 3.05) is 26.3 Å². The highest BCUT2D eigenvalue weighted by Crippen LogP contribution is 2.19. The van der Waals surface area contributed by atoms with Gasteiger partial charge in [-0.3, -0.25) is 14.5 Å². The summed E-state index contributed by atoms with van der Waals surface area (Å²) in [4.78, 5) is 27.6. The number of carbonyl (C=O) groups excluding carboxylic acids is 2. The molecule has 6 nitrogen and oxygen atoms in total. The monoisotopic (exact) mass is 340 g/mol. The first-order valence-corrected chi connectivity index (χ1v) is 8.63. The molecule has 2 heterocycles. The highest BCUT2D eigenvalue weighted by atomic mass is 32.1. The number of thiophene rings is 1. The average molecular weight is 340 g/mol. The summed E-state index contributed by atoms with van der Waals surface area (Å²) in [5.41, 5.74) is -0.772. The Balaban J connectivity index is 1.83. The minimum atomic E-state index is -0.817. The summed E-state index contributed by atoms with van der Waals surface area (Å²) in [7, 11) is 0. The zero-order valence-corrected chi connectivity index (χ0v) is 14.6. The van der Waals surface area contributed by atoms with E-state index in [1.807, 2.05) is 36.3 Å². The maximum absolute atomic E-state index is 12.4. The molecule has 1 aromatic heterocycles. The molecule has 0 radical (unpaired) electrons. The van der Waals surface area contributed by atoms with E-state index in [0.717, 1.165) is 4.88 Å². The topological polar surface area (TPSA) is 67.9 Å². The van der Waals surface area contributed by atoms with Crippen molar-refractivity contribution >= 4 is 23.2 Å². The van der Waals surface area contributed by atoms with Gasteiger partial charge in [0.05, 0.1) is 19.8 Å². The van der Waals surface area contributed by atoms with Crippen molar-refractivity contribution in [3.63, 3.8) is 0 Å². The minimum Gasteiger partial charge on any atom is -0.451 e. The Labute approximate surface area is 140 Å². The average Bonchev–Trinajstić information content (AvgIpc) is 3.06. The summed E-state index contributed by atoms with van der Waals surface area (Å²) in [6.45, 7) is 8.25. The van der Waals surface area contributed by atoms with Gasteiger partial charge in [-0.05, 0) is 32.2 Å². The van der Waals surface area contributed by atoms with Crippen LogP contribution < -0.4 is 5.32 Å². The van der Waals surface area contributed by atoms with Crippen LogP contribution in [0.1, 0.15) is 25.6 Å². The highest BCUT2D eigenvalue weighted by molar-refractivity contribution is 7.09. The number of nitrogens with one attached hydrogen (secondary N) is 1. The van der Waals surface area contributed by atoms with Gasteiger partial charge in [-0.1, -0.05) is 6.07 Å². The van der Waals surface area contributed by atoms with Crippen LogP contribution in [0.3, 0.4) is 0 Å². The molecule has 1 aliphatic rings. The normalized spacial score (nSPS) is 17.5. The zero-order valence-electron chi connectivity index (χ0n) is 13.8. The lowest BCUT2D eigenvalue weighted by molar-refractivity contribution is -0.167. The zero-order chi connectivity index (χ0) is 16.9. The van der Waals surface area contributed by atoms with Gasteiger partial charge in [0, 0.05) is 18.0 Å². The van der Waals surface area contributed by atoms with Crippen molar-refractivity contribution in [2.45, 2.75) is 39.0 Å². The van der Waals surface area contributed by atoms with Gasteiger partial charge in [0.25, 0.3) is 5.91 Å². The van der Waals surface area contributed by atoms with Gasteiger partial charge in [-0.15, -0.1) is 11.3 Å². The molecule has 1 atom stereocenters. The number of carbonyl (C=O) groups is 2. The highest BCUT2D eigenvalue weighted by Gasteiger charge is 2.38. The third-order valence-electron chi connectivity index (χ3n) is 3.97. The van der Waals surface area contributed by atoms with Gasteiger partial charge in [0.15, 0.2) is 6.10 Å². The standard InChI is InChI=1S/C16H24N2O4S/c1-12(14(19)17-11-13-5-4-10-23-13)22-15(20)16(2,3)18-6-8-21-9-7-18/h4-5,10,12H,6-9,11H2,1-3H3,(H,17,19)/t12-/m0/s1. The van der Waals surface area contributed by atoms with Crippen LogP contribution in [-0.2, 0) is 25.6 Å². The Morgan fingerprint density at radius 2 is 2.13 bits per heavy atom. The lowest BCUT2D eigenvalue weighted by Crippen LogP contribution is -2.56. The molecule has 1 fully saturated rings. The van der Waals surface area contributed by atoms with Crippen molar-refractivity contribution < 1.29 is 19.1 Å². The molecular weight excluding hydrogens is 316 g/mol. The maximum atomic E-state index is 12.4. The smallest absolute Gasteiger partial charge is 0.326 e. The third-order valence-corrected chi connectivity index (χ3v) is 4.85. The first kappa shape index (κ1) is 17.9. The molecule has 0 aliphatic carbocycles. The second-order valence-corrected chi connectivity index (χ2v) is 7.04. The van der Waals surface area contributed by atoms with E-state index >= 15 is 0 Å². The van der Waals surface area contributed by atoms with Gasteiger partial charge in [-0.25, -0.2) is 0 Å².